The predicted molar refractivity (Wildman–Crippen MR) is 108 cm³/mol. The molecule has 7 heteroatoms. The Morgan fingerprint density at radius 1 is 1.07 bits per heavy atom. The second kappa shape index (κ2) is 9.50. The van der Waals surface area contributed by atoms with E-state index in [-0.39, 0.29) is 11.5 Å². The fourth-order valence-electron chi connectivity index (χ4n) is 3.42. The van der Waals surface area contributed by atoms with Gasteiger partial charge in [0, 0.05) is 45.3 Å². The second-order valence-corrected chi connectivity index (χ2v) is 7.05. The Morgan fingerprint density at radius 3 is 2.57 bits per heavy atom. The summed E-state index contributed by atoms with van der Waals surface area (Å²) in [6, 6.07) is 11.1. The molecule has 0 spiro atoms. The van der Waals surface area contributed by atoms with E-state index in [2.05, 4.69) is 22.1 Å². The second-order valence-electron chi connectivity index (χ2n) is 7.05. The summed E-state index contributed by atoms with van der Waals surface area (Å²) < 4.78 is 6.58. The first-order valence-corrected chi connectivity index (χ1v) is 9.83. The fraction of sp³-hybridized carbons (Fsp3) is 0.476. The molecule has 1 aliphatic rings. The van der Waals surface area contributed by atoms with E-state index < -0.39 is 0 Å². The van der Waals surface area contributed by atoms with Crippen LogP contribution >= 0.6 is 0 Å². The maximum atomic E-state index is 12.9. The molecule has 7 nitrogen and oxygen atoms in total. The molecule has 150 valence electrons. The topological polar surface area (TPSA) is 67.7 Å². The van der Waals surface area contributed by atoms with Gasteiger partial charge < -0.3 is 9.64 Å². The Morgan fingerprint density at radius 2 is 1.86 bits per heavy atom. The van der Waals surface area contributed by atoms with Crippen molar-refractivity contribution in [3.63, 3.8) is 0 Å². The summed E-state index contributed by atoms with van der Waals surface area (Å²) in [5.74, 6) is 0.754. The standard InChI is InChI=1S/C21H28N4O3/c1-3-11-25-20(26)10-9-19(22-25)21(27)24-13-4-12-23(14-15-24)16-17-5-7-18(28-2)8-6-17/h5-10H,3-4,11-16H2,1-2H3. The molecule has 1 fully saturated rings. The highest BCUT2D eigenvalue weighted by molar-refractivity contribution is 5.92. The van der Waals surface area contributed by atoms with Gasteiger partial charge in [-0.2, -0.15) is 5.10 Å². The molecule has 28 heavy (non-hydrogen) atoms. The molecule has 0 bridgehead atoms. The lowest BCUT2D eigenvalue weighted by Crippen LogP contribution is -2.36. The van der Waals surface area contributed by atoms with Crippen LogP contribution < -0.4 is 10.3 Å². The summed E-state index contributed by atoms with van der Waals surface area (Å²) in [7, 11) is 1.67. The van der Waals surface area contributed by atoms with Crippen LogP contribution in [-0.4, -0.2) is 58.8 Å². The van der Waals surface area contributed by atoms with Gasteiger partial charge in [-0.1, -0.05) is 19.1 Å². The van der Waals surface area contributed by atoms with Gasteiger partial charge in [-0.25, -0.2) is 4.68 Å². The van der Waals surface area contributed by atoms with Crippen molar-refractivity contribution in [2.24, 2.45) is 0 Å². The number of rotatable bonds is 6. The molecule has 1 aliphatic heterocycles. The minimum Gasteiger partial charge on any atom is -0.497 e. The molecule has 0 atom stereocenters. The van der Waals surface area contributed by atoms with Gasteiger partial charge in [-0.3, -0.25) is 14.5 Å². The summed E-state index contributed by atoms with van der Waals surface area (Å²) in [4.78, 5) is 28.9. The number of benzene rings is 1. The maximum absolute atomic E-state index is 12.9. The van der Waals surface area contributed by atoms with Crippen molar-refractivity contribution in [1.29, 1.82) is 0 Å². The van der Waals surface area contributed by atoms with Crippen molar-refractivity contribution in [3.05, 3.63) is 58.0 Å². The molecule has 0 aliphatic carbocycles. The highest BCUT2D eigenvalue weighted by atomic mass is 16.5. The van der Waals surface area contributed by atoms with E-state index in [0.29, 0.717) is 25.3 Å². The number of amides is 1. The van der Waals surface area contributed by atoms with E-state index in [9.17, 15) is 9.59 Å². The van der Waals surface area contributed by atoms with Gasteiger partial charge in [-0.05, 0) is 36.6 Å². The Hall–Kier alpha value is -2.67. The van der Waals surface area contributed by atoms with Gasteiger partial charge in [0.25, 0.3) is 11.5 Å². The van der Waals surface area contributed by atoms with Crippen LogP contribution in [0.3, 0.4) is 0 Å². The number of carbonyl (C=O) groups excluding carboxylic acids is 1. The minimum atomic E-state index is -0.167. The van der Waals surface area contributed by atoms with E-state index in [1.165, 1.54) is 22.4 Å². The molecule has 0 radical (unpaired) electrons. The van der Waals surface area contributed by atoms with Crippen LogP contribution in [0, 0.1) is 0 Å². The summed E-state index contributed by atoms with van der Waals surface area (Å²) >= 11 is 0. The smallest absolute Gasteiger partial charge is 0.274 e. The Balaban J connectivity index is 1.62. The van der Waals surface area contributed by atoms with Crippen molar-refractivity contribution in [1.82, 2.24) is 19.6 Å². The molecule has 3 rings (SSSR count). The van der Waals surface area contributed by atoms with Gasteiger partial charge in [0.05, 0.1) is 7.11 Å². The summed E-state index contributed by atoms with van der Waals surface area (Å²) in [6.07, 6.45) is 1.71. The molecule has 0 saturated carbocycles. The number of aromatic nitrogens is 2. The zero-order valence-corrected chi connectivity index (χ0v) is 16.6. The molecule has 1 saturated heterocycles. The van der Waals surface area contributed by atoms with Crippen LogP contribution in [0.2, 0.25) is 0 Å². The van der Waals surface area contributed by atoms with Gasteiger partial charge in [-0.15, -0.1) is 0 Å². The zero-order chi connectivity index (χ0) is 19.9. The van der Waals surface area contributed by atoms with Crippen molar-refractivity contribution in [2.75, 3.05) is 33.3 Å². The number of nitrogens with zero attached hydrogens (tertiary/aromatic N) is 4. The fourth-order valence-corrected chi connectivity index (χ4v) is 3.42. The normalized spacial score (nSPS) is 15.3. The third-order valence-electron chi connectivity index (χ3n) is 4.96. The minimum absolute atomic E-state index is 0.101. The van der Waals surface area contributed by atoms with Crippen LogP contribution in [0.4, 0.5) is 0 Å². The lowest BCUT2D eigenvalue weighted by atomic mass is 10.2. The molecule has 2 heterocycles. The maximum Gasteiger partial charge on any atom is 0.274 e. The molecule has 1 amide bonds. The van der Waals surface area contributed by atoms with Crippen LogP contribution in [0.5, 0.6) is 5.75 Å². The quantitative estimate of drug-likeness (QED) is 0.762. The molecular formula is C21H28N4O3. The van der Waals surface area contributed by atoms with Crippen molar-refractivity contribution in [3.8, 4) is 5.75 Å². The Labute approximate surface area is 165 Å². The third kappa shape index (κ3) is 4.98. The zero-order valence-electron chi connectivity index (χ0n) is 16.6. The van der Waals surface area contributed by atoms with Gasteiger partial charge >= 0.3 is 0 Å². The van der Waals surface area contributed by atoms with E-state index in [0.717, 1.165) is 38.2 Å². The largest absolute Gasteiger partial charge is 0.497 e. The van der Waals surface area contributed by atoms with Crippen LogP contribution in [0.25, 0.3) is 0 Å². The Bertz CT molecular complexity index is 847. The number of methoxy groups -OCH3 is 1. The van der Waals surface area contributed by atoms with E-state index in [4.69, 9.17) is 4.74 Å². The van der Waals surface area contributed by atoms with E-state index in [1.54, 1.807) is 7.11 Å². The van der Waals surface area contributed by atoms with Crippen LogP contribution in [0.15, 0.2) is 41.2 Å². The lowest BCUT2D eigenvalue weighted by Gasteiger charge is -2.22. The number of ether oxygens (including phenoxy) is 1. The lowest BCUT2D eigenvalue weighted by molar-refractivity contribution is 0.0752. The molecule has 2 aromatic rings. The average molecular weight is 384 g/mol. The van der Waals surface area contributed by atoms with Crippen LogP contribution in [0.1, 0.15) is 35.8 Å². The summed E-state index contributed by atoms with van der Waals surface area (Å²) in [5.41, 5.74) is 1.41. The van der Waals surface area contributed by atoms with Crippen LogP contribution in [-0.2, 0) is 13.1 Å². The van der Waals surface area contributed by atoms with Crippen molar-refractivity contribution >= 4 is 5.91 Å². The average Bonchev–Trinajstić information content (AvgIpc) is 2.95. The molecule has 0 unspecified atom stereocenters. The van der Waals surface area contributed by atoms with Crippen molar-refractivity contribution in [2.45, 2.75) is 32.9 Å². The number of hydrogen-bond donors (Lipinski definition) is 0. The molecular weight excluding hydrogens is 356 g/mol. The van der Waals surface area contributed by atoms with Gasteiger partial charge in [0.15, 0.2) is 0 Å². The Kier molecular flexibility index (Phi) is 6.81. The summed E-state index contributed by atoms with van der Waals surface area (Å²) in [5, 5.41) is 4.26. The molecule has 1 aromatic heterocycles. The highest BCUT2D eigenvalue weighted by Crippen LogP contribution is 2.15. The number of hydrogen-bond acceptors (Lipinski definition) is 5. The highest BCUT2D eigenvalue weighted by Gasteiger charge is 2.22. The van der Waals surface area contributed by atoms with Gasteiger partial charge in [0.2, 0.25) is 0 Å². The number of aryl methyl sites for hydroxylation is 1. The third-order valence-corrected chi connectivity index (χ3v) is 4.96. The first-order chi connectivity index (χ1) is 13.6. The molecule has 0 N–H and O–H groups in total. The van der Waals surface area contributed by atoms with Crippen molar-refractivity contribution < 1.29 is 9.53 Å². The monoisotopic (exact) mass is 384 g/mol. The first-order valence-electron chi connectivity index (χ1n) is 9.83. The summed E-state index contributed by atoms with van der Waals surface area (Å²) in [6.45, 7) is 6.47. The van der Waals surface area contributed by atoms with E-state index in [1.807, 2.05) is 24.0 Å². The van der Waals surface area contributed by atoms with E-state index >= 15 is 0 Å². The van der Waals surface area contributed by atoms with Gasteiger partial charge in [0.1, 0.15) is 11.4 Å². The first kappa shape index (κ1) is 20.1. The SMILES string of the molecule is CCCn1nc(C(=O)N2CCCN(Cc3ccc(OC)cc3)CC2)ccc1=O. The molecule has 1 aromatic carbocycles. The predicted octanol–water partition coefficient (Wildman–Crippen LogP) is 2.01. The number of carbonyl (C=O) groups is 1.